The molecule has 4 aromatic carbocycles. The molecular weight excluding hydrogens is 683 g/mol. The largest absolute Gasteiger partial charge is 0.385 e. The third-order valence-corrected chi connectivity index (χ3v) is 11.3. The lowest BCUT2D eigenvalue weighted by Crippen LogP contribution is -2.44. The van der Waals surface area contributed by atoms with Crippen LogP contribution in [0.5, 0.6) is 0 Å². The van der Waals surface area contributed by atoms with Crippen LogP contribution in [0, 0.1) is 23.5 Å². The second-order valence-corrected chi connectivity index (χ2v) is 14.9. The maximum absolute atomic E-state index is 13.8. The molecule has 54 heavy (non-hydrogen) atoms. The van der Waals surface area contributed by atoms with Crippen LogP contribution < -0.4 is 10.6 Å². The molecule has 0 saturated carbocycles. The number of hydrogen-bond acceptors (Lipinski definition) is 6. The van der Waals surface area contributed by atoms with E-state index in [1.165, 1.54) is 18.2 Å². The Hall–Kier alpha value is -3.50. The fourth-order valence-corrected chi connectivity index (χ4v) is 8.43. The first-order valence-electron chi connectivity index (χ1n) is 19.8. The van der Waals surface area contributed by atoms with Crippen molar-refractivity contribution in [3.63, 3.8) is 0 Å². The molecule has 0 aromatic heterocycles. The summed E-state index contributed by atoms with van der Waals surface area (Å²) in [6.45, 7) is 5.04. The lowest BCUT2D eigenvalue weighted by Gasteiger charge is -2.40. The third kappa shape index (κ3) is 10.8. The third-order valence-electron chi connectivity index (χ3n) is 11.3. The molecule has 0 radical (unpaired) electrons. The van der Waals surface area contributed by atoms with Crippen LogP contribution in [0.25, 0.3) is 22.3 Å². The first kappa shape index (κ1) is 41.7. The number of aliphatic hydroxyl groups is 2. The summed E-state index contributed by atoms with van der Waals surface area (Å²) < 4.78 is 37.6. The SMILES string of the molecule is COCCCC[C@@](O)(c1ccccc1-c1ccc(F)cc1)[C@@H]1CCCNC1.COCCCC[C@@](O)(c1ccccc1-c1cccc(F)c1)[C@@H]1CCCNC1. The van der Waals surface area contributed by atoms with Gasteiger partial charge in [0.15, 0.2) is 0 Å². The summed E-state index contributed by atoms with van der Waals surface area (Å²) in [6, 6.07) is 29.1. The van der Waals surface area contributed by atoms with Gasteiger partial charge in [0.1, 0.15) is 11.6 Å². The van der Waals surface area contributed by atoms with Gasteiger partial charge in [0.2, 0.25) is 0 Å². The number of benzene rings is 4. The molecule has 0 spiro atoms. The van der Waals surface area contributed by atoms with E-state index < -0.39 is 11.2 Å². The van der Waals surface area contributed by atoms with E-state index in [1.54, 1.807) is 38.5 Å². The summed E-state index contributed by atoms with van der Waals surface area (Å²) >= 11 is 0. The number of ether oxygens (including phenoxy) is 2. The van der Waals surface area contributed by atoms with E-state index in [0.29, 0.717) is 26.1 Å². The summed E-state index contributed by atoms with van der Waals surface area (Å²) in [5.74, 6) is -0.202. The molecule has 0 aliphatic carbocycles. The Morgan fingerprint density at radius 3 is 1.56 bits per heavy atom. The zero-order valence-electron chi connectivity index (χ0n) is 32.2. The summed E-state index contributed by atoms with van der Waals surface area (Å²) in [5, 5.41) is 30.8. The number of rotatable bonds is 16. The highest BCUT2D eigenvalue weighted by Crippen LogP contribution is 2.44. The molecule has 292 valence electrons. The standard InChI is InChI=1S/2C23H30FNO2/c1-27-15-5-4-13-23(26,19-9-7-14-25-17-19)22-12-3-2-11-21(22)18-8-6-10-20(24)16-18;1-27-16-5-4-14-23(26,19-7-6-15-25-17-19)22-9-3-2-8-21(22)18-10-12-20(24)13-11-18/h2-3,6,8,10-12,16,19,25-26H,4-5,7,9,13-15,17H2,1H3;2-3,8-13,19,25-26H,4-7,14-17H2,1H3/t2*19-,23+/m11/s1. The van der Waals surface area contributed by atoms with Crippen molar-refractivity contribution in [2.24, 2.45) is 11.8 Å². The van der Waals surface area contributed by atoms with E-state index in [9.17, 15) is 19.0 Å². The van der Waals surface area contributed by atoms with Crippen molar-refractivity contribution in [1.82, 2.24) is 10.6 Å². The number of nitrogens with one attached hydrogen (secondary N) is 2. The molecule has 6 nitrogen and oxygen atoms in total. The van der Waals surface area contributed by atoms with Crippen LogP contribution in [0.2, 0.25) is 0 Å². The minimum atomic E-state index is -0.940. The normalized spacial score (nSPS) is 19.6. The zero-order chi connectivity index (χ0) is 38.2. The number of piperidine rings is 2. The lowest BCUT2D eigenvalue weighted by atomic mass is 9.72. The van der Waals surface area contributed by atoms with Crippen LogP contribution in [-0.4, -0.2) is 63.8 Å². The van der Waals surface area contributed by atoms with Crippen molar-refractivity contribution >= 4 is 0 Å². The molecule has 0 bridgehead atoms. The maximum Gasteiger partial charge on any atom is 0.123 e. The van der Waals surface area contributed by atoms with Gasteiger partial charge in [0, 0.05) is 52.4 Å². The smallest absolute Gasteiger partial charge is 0.123 e. The predicted octanol–water partition coefficient (Wildman–Crippen LogP) is 8.99. The van der Waals surface area contributed by atoms with E-state index in [4.69, 9.17) is 9.47 Å². The van der Waals surface area contributed by atoms with Gasteiger partial charge < -0.3 is 30.3 Å². The van der Waals surface area contributed by atoms with E-state index in [0.717, 1.165) is 111 Å². The van der Waals surface area contributed by atoms with Gasteiger partial charge in [-0.1, -0.05) is 72.8 Å². The van der Waals surface area contributed by atoms with Gasteiger partial charge in [-0.3, -0.25) is 0 Å². The highest BCUT2D eigenvalue weighted by Gasteiger charge is 2.41. The summed E-state index contributed by atoms with van der Waals surface area (Å²) in [5.41, 5.74) is 3.64. The van der Waals surface area contributed by atoms with Gasteiger partial charge >= 0.3 is 0 Å². The molecule has 4 atom stereocenters. The van der Waals surface area contributed by atoms with E-state index in [2.05, 4.69) is 10.6 Å². The minimum absolute atomic E-state index is 0.142. The molecule has 4 N–H and O–H groups in total. The van der Waals surface area contributed by atoms with E-state index in [-0.39, 0.29) is 23.5 Å². The van der Waals surface area contributed by atoms with Crippen molar-refractivity contribution in [3.05, 3.63) is 120 Å². The van der Waals surface area contributed by atoms with Crippen molar-refractivity contribution in [1.29, 1.82) is 0 Å². The van der Waals surface area contributed by atoms with Crippen LogP contribution in [0.15, 0.2) is 97.1 Å². The molecule has 0 unspecified atom stereocenters. The zero-order valence-corrected chi connectivity index (χ0v) is 32.2. The van der Waals surface area contributed by atoms with Crippen LogP contribution in [0.4, 0.5) is 8.78 Å². The molecule has 2 aliphatic heterocycles. The summed E-state index contributed by atoms with van der Waals surface area (Å²) in [6.07, 6.45) is 9.14. The molecule has 2 saturated heterocycles. The molecule has 6 rings (SSSR count). The Kier molecular flexibility index (Phi) is 16.2. The van der Waals surface area contributed by atoms with Gasteiger partial charge in [-0.2, -0.15) is 0 Å². The maximum atomic E-state index is 13.8. The van der Waals surface area contributed by atoms with Gasteiger partial charge in [-0.25, -0.2) is 8.78 Å². The summed E-state index contributed by atoms with van der Waals surface area (Å²) in [4.78, 5) is 0. The van der Waals surface area contributed by atoms with Gasteiger partial charge in [0.05, 0.1) is 11.2 Å². The fraction of sp³-hybridized carbons (Fsp3) is 0.478. The topological polar surface area (TPSA) is 83.0 Å². The minimum Gasteiger partial charge on any atom is -0.385 e. The van der Waals surface area contributed by atoms with Crippen LogP contribution in [0.1, 0.15) is 75.3 Å². The Balaban J connectivity index is 0.000000208. The number of halogens is 2. The van der Waals surface area contributed by atoms with Crippen molar-refractivity contribution < 1.29 is 28.5 Å². The lowest BCUT2D eigenvalue weighted by molar-refractivity contribution is -0.0432. The second-order valence-electron chi connectivity index (χ2n) is 14.9. The van der Waals surface area contributed by atoms with Gasteiger partial charge in [-0.15, -0.1) is 0 Å². The highest BCUT2D eigenvalue weighted by molar-refractivity contribution is 5.69. The Bertz CT molecular complexity index is 1690. The van der Waals surface area contributed by atoms with Crippen LogP contribution in [-0.2, 0) is 20.7 Å². The number of hydrogen-bond donors (Lipinski definition) is 4. The molecule has 2 aliphatic rings. The Morgan fingerprint density at radius 2 is 1.09 bits per heavy atom. The monoisotopic (exact) mass is 742 g/mol. The average Bonchev–Trinajstić information content (AvgIpc) is 3.22. The van der Waals surface area contributed by atoms with Gasteiger partial charge in [-0.05, 0) is 135 Å². The second kappa shape index (κ2) is 21.0. The summed E-state index contributed by atoms with van der Waals surface area (Å²) in [7, 11) is 3.41. The molecule has 2 heterocycles. The average molecular weight is 743 g/mol. The van der Waals surface area contributed by atoms with E-state index in [1.807, 2.05) is 54.6 Å². The Morgan fingerprint density at radius 1 is 0.593 bits per heavy atom. The first-order valence-corrected chi connectivity index (χ1v) is 19.8. The highest BCUT2D eigenvalue weighted by atomic mass is 19.1. The molecule has 0 amide bonds. The van der Waals surface area contributed by atoms with Crippen molar-refractivity contribution in [3.8, 4) is 22.3 Å². The fourth-order valence-electron chi connectivity index (χ4n) is 8.43. The van der Waals surface area contributed by atoms with Crippen molar-refractivity contribution in [2.75, 3.05) is 53.6 Å². The van der Waals surface area contributed by atoms with E-state index >= 15 is 0 Å². The van der Waals surface area contributed by atoms with Crippen LogP contribution >= 0.6 is 0 Å². The number of methoxy groups -OCH3 is 2. The molecule has 2 fully saturated rings. The molecule has 8 heteroatoms. The quantitative estimate of drug-likeness (QED) is 0.0859. The van der Waals surface area contributed by atoms with Gasteiger partial charge in [0.25, 0.3) is 0 Å². The number of unbranched alkanes of at least 4 members (excludes halogenated alkanes) is 2. The Labute approximate surface area is 321 Å². The molecular formula is C46H60F2N2O4. The predicted molar refractivity (Wildman–Crippen MR) is 214 cm³/mol. The molecule has 4 aromatic rings. The van der Waals surface area contributed by atoms with Crippen LogP contribution in [0.3, 0.4) is 0 Å². The van der Waals surface area contributed by atoms with Crippen molar-refractivity contribution in [2.45, 2.75) is 75.4 Å². The first-order chi connectivity index (χ1) is 26.3.